The number of anilines is 1. The lowest BCUT2D eigenvalue weighted by atomic mass is 9.89. The summed E-state index contributed by atoms with van der Waals surface area (Å²) in [5, 5.41) is -0.468. The van der Waals surface area contributed by atoms with Crippen LogP contribution in [0.15, 0.2) is 48.5 Å². The number of carbonyl (C=O) groups excluding carboxylic acids is 2. The minimum absolute atomic E-state index is 0.0290. The molecule has 4 nitrogen and oxygen atoms in total. The molecule has 8 heteroatoms. The summed E-state index contributed by atoms with van der Waals surface area (Å²) >= 11 is 5.66. The molecule has 0 aromatic heterocycles. The van der Waals surface area contributed by atoms with Gasteiger partial charge in [-0.25, -0.2) is 4.90 Å². The number of rotatable bonds is 3. The molecule has 30 heavy (non-hydrogen) atoms. The summed E-state index contributed by atoms with van der Waals surface area (Å²) in [6, 6.07) is 12.6. The highest BCUT2D eigenvalue weighted by Crippen LogP contribution is 2.38. The Labute approximate surface area is 177 Å². The number of nitrogens with zero attached hydrogens (tertiary/aromatic N) is 2. The van der Waals surface area contributed by atoms with Crippen molar-refractivity contribution >= 4 is 29.1 Å². The second-order valence-corrected chi connectivity index (χ2v) is 8.08. The number of hydrogen-bond acceptors (Lipinski definition) is 3. The molecule has 0 saturated carbocycles. The zero-order chi connectivity index (χ0) is 21.5. The van der Waals surface area contributed by atoms with E-state index in [1.54, 1.807) is 0 Å². The van der Waals surface area contributed by atoms with E-state index in [1.165, 1.54) is 11.6 Å². The highest BCUT2D eigenvalue weighted by atomic mass is 35.5. The molecule has 2 aromatic carbocycles. The molecule has 0 bridgehead atoms. The van der Waals surface area contributed by atoms with Gasteiger partial charge in [0.05, 0.1) is 28.7 Å². The van der Waals surface area contributed by atoms with E-state index in [-0.39, 0.29) is 12.1 Å². The smallest absolute Gasteiger partial charge is 0.291 e. The maximum atomic E-state index is 13.2. The van der Waals surface area contributed by atoms with Crippen LogP contribution >= 0.6 is 11.6 Å². The summed E-state index contributed by atoms with van der Waals surface area (Å²) in [7, 11) is 0. The highest BCUT2D eigenvalue weighted by molar-refractivity contribution is 6.31. The Balaban J connectivity index is 1.49. The zero-order valence-electron chi connectivity index (χ0n) is 16.0. The average Bonchev–Trinajstić information content (AvgIpc) is 3.02. The van der Waals surface area contributed by atoms with Crippen LogP contribution in [0.1, 0.15) is 36.3 Å². The second kappa shape index (κ2) is 8.04. The summed E-state index contributed by atoms with van der Waals surface area (Å²) in [4.78, 5) is 28.3. The van der Waals surface area contributed by atoms with E-state index in [2.05, 4.69) is 12.1 Å². The van der Waals surface area contributed by atoms with Crippen LogP contribution in [0, 0.1) is 0 Å². The predicted molar refractivity (Wildman–Crippen MR) is 107 cm³/mol. The fourth-order valence-corrected chi connectivity index (χ4v) is 4.54. The molecule has 0 aliphatic carbocycles. The third-order valence-electron chi connectivity index (χ3n) is 5.88. The molecule has 2 amide bonds. The van der Waals surface area contributed by atoms with Gasteiger partial charge < -0.3 is 0 Å². The lowest BCUT2D eigenvalue weighted by Gasteiger charge is -2.35. The van der Waals surface area contributed by atoms with Crippen molar-refractivity contribution in [1.29, 1.82) is 0 Å². The topological polar surface area (TPSA) is 40.6 Å². The number of carbonyl (C=O) groups is 2. The second-order valence-electron chi connectivity index (χ2n) is 7.67. The fraction of sp³-hybridized carbons (Fsp3) is 0.364. The molecule has 0 N–H and O–H groups in total. The number of imide groups is 1. The Bertz CT molecular complexity index is 957. The molecule has 2 aromatic rings. The molecule has 0 spiro atoms. The zero-order valence-corrected chi connectivity index (χ0v) is 16.8. The predicted octanol–water partition coefficient (Wildman–Crippen LogP) is 4.87. The number of hydrogen-bond donors (Lipinski definition) is 0. The first-order valence-electron chi connectivity index (χ1n) is 9.78. The number of benzene rings is 2. The Morgan fingerprint density at radius 2 is 1.63 bits per heavy atom. The molecule has 158 valence electrons. The van der Waals surface area contributed by atoms with Gasteiger partial charge in [0.2, 0.25) is 5.91 Å². The van der Waals surface area contributed by atoms with Crippen LogP contribution in [-0.2, 0) is 15.8 Å². The van der Waals surface area contributed by atoms with Crippen molar-refractivity contribution in [3.8, 4) is 0 Å². The van der Waals surface area contributed by atoms with Crippen molar-refractivity contribution in [3.05, 3.63) is 64.7 Å². The van der Waals surface area contributed by atoms with Crippen molar-refractivity contribution in [2.75, 3.05) is 18.0 Å². The summed E-state index contributed by atoms with van der Waals surface area (Å²) in [6.45, 7) is 1.32. The number of piperidine rings is 1. The van der Waals surface area contributed by atoms with Crippen LogP contribution in [0.5, 0.6) is 0 Å². The van der Waals surface area contributed by atoms with E-state index in [0.717, 1.165) is 29.9 Å². The summed E-state index contributed by atoms with van der Waals surface area (Å²) < 4.78 is 39.5. The van der Waals surface area contributed by atoms with Gasteiger partial charge in [-0.15, -0.1) is 0 Å². The summed E-state index contributed by atoms with van der Waals surface area (Å²) in [6.07, 6.45) is -2.97. The first-order chi connectivity index (χ1) is 14.3. The van der Waals surface area contributed by atoms with Crippen LogP contribution in [-0.4, -0.2) is 35.8 Å². The number of amides is 2. The largest absolute Gasteiger partial charge is 0.417 e. The molecule has 2 heterocycles. The number of alkyl halides is 3. The van der Waals surface area contributed by atoms with Gasteiger partial charge in [0, 0.05) is 0 Å². The number of likely N-dealkylation sites (tertiary alicyclic amines) is 1. The van der Waals surface area contributed by atoms with Crippen molar-refractivity contribution in [1.82, 2.24) is 4.90 Å². The van der Waals surface area contributed by atoms with Gasteiger partial charge in [0.15, 0.2) is 0 Å². The minimum Gasteiger partial charge on any atom is -0.291 e. The summed E-state index contributed by atoms with van der Waals surface area (Å²) in [5.41, 5.74) is 0.103. The SMILES string of the molecule is O=C1CC(N2CCC(c3ccccc3)CC2)C(=O)N1c1ccc(Cl)c(C(F)(F)F)c1. The van der Waals surface area contributed by atoms with Crippen molar-refractivity contribution in [3.63, 3.8) is 0 Å². The van der Waals surface area contributed by atoms with Gasteiger partial charge in [-0.05, 0) is 55.6 Å². The van der Waals surface area contributed by atoms with Gasteiger partial charge in [-0.2, -0.15) is 13.2 Å². The molecule has 1 atom stereocenters. The van der Waals surface area contributed by atoms with Crippen LogP contribution in [0.3, 0.4) is 0 Å². The molecular formula is C22H20ClF3N2O2. The quantitative estimate of drug-likeness (QED) is 0.644. The first-order valence-corrected chi connectivity index (χ1v) is 10.2. The Morgan fingerprint density at radius 3 is 2.27 bits per heavy atom. The highest BCUT2D eigenvalue weighted by Gasteiger charge is 2.44. The van der Waals surface area contributed by atoms with Gasteiger partial charge in [-0.3, -0.25) is 14.5 Å². The van der Waals surface area contributed by atoms with E-state index < -0.39 is 34.6 Å². The standard InChI is InChI=1S/C22H20ClF3N2O2/c23-18-7-6-16(12-17(18)22(24,25)26)28-20(29)13-19(21(28)30)27-10-8-15(9-11-27)14-4-2-1-3-5-14/h1-7,12,15,19H,8-11,13H2. The van der Waals surface area contributed by atoms with Crippen molar-refractivity contribution in [2.45, 2.75) is 37.4 Å². The molecule has 2 fully saturated rings. The molecule has 2 aliphatic heterocycles. The maximum Gasteiger partial charge on any atom is 0.417 e. The molecular weight excluding hydrogens is 417 g/mol. The minimum atomic E-state index is -4.67. The molecule has 2 saturated heterocycles. The van der Waals surface area contributed by atoms with E-state index in [9.17, 15) is 22.8 Å². The third kappa shape index (κ3) is 3.96. The third-order valence-corrected chi connectivity index (χ3v) is 6.21. The van der Waals surface area contributed by atoms with Gasteiger partial charge in [-0.1, -0.05) is 41.9 Å². The summed E-state index contributed by atoms with van der Waals surface area (Å²) in [5.74, 6) is -0.574. The van der Waals surface area contributed by atoms with Crippen LogP contribution < -0.4 is 4.90 Å². The lowest BCUT2D eigenvalue weighted by Crippen LogP contribution is -2.45. The normalized spacial score (nSPS) is 21.5. The maximum absolute atomic E-state index is 13.2. The number of halogens is 4. The van der Waals surface area contributed by atoms with Gasteiger partial charge in [0.25, 0.3) is 5.91 Å². The van der Waals surface area contributed by atoms with E-state index >= 15 is 0 Å². The fourth-order valence-electron chi connectivity index (χ4n) is 4.31. The molecule has 0 radical (unpaired) electrons. The Morgan fingerprint density at radius 1 is 0.967 bits per heavy atom. The lowest BCUT2D eigenvalue weighted by molar-refractivity contribution is -0.137. The van der Waals surface area contributed by atoms with Crippen molar-refractivity contribution < 1.29 is 22.8 Å². The van der Waals surface area contributed by atoms with Gasteiger partial charge in [0.1, 0.15) is 0 Å². The van der Waals surface area contributed by atoms with E-state index in [4.69, 9.17) is 11.6 Å². The van der Waals surface area contributed by atoms with Crippen molar-refractivity contribution in [2.24, 2.45) is 0 Å². The van der Waals surface area contributed by atoms with Crippen LogP contribution in [0.2, 0.25) is 5.02 Å². The molecule has 4 rings (SSSR count). The Hall–Kier alpha value is -2.38. The average molecular weight is 437 g/mol. The van der Waals surface area contributed by atoms with E-state index in [0.29, 0.717) is 19.0 Å². The van der Waals surface area contributed by atoms with Crippen LogP contribution in [0.4, 0.5) is 18.9 Å². The molecule has 2 aliphatic rings. The monoisotopic (exact) mass is 436 g/mol. The molecule has 1 unspecified atom stereocenters. The first kappa shape index (κ1) is 20.9. The van der Waals surface area contributed by atoms with E-state index in [1.807, 2.05) is 23.1 Å². The van der Waals surface area contributed by atoms with Crippen LogP contribution in [0.25, 0.3) is 0 Å². The Kier molecular flexibility index (Phi) is 5.59. The van der Waals surface area contributed by atoms with Gasteiger partial charge >= 0.3 is 6.18 Å².